The van der Waals surface area contributed by atoms with E-state index in [0.717, 1.165) is 23.7 Å². The fourth-order valence-electron chi connectivity index (χ4n) is 2.92. The van der Waals surface area contributed by atoms with Crippen LogP contribution in [0.5, 0.6) is 0 Å². The minimum absolute atomic E-state index is 0.0495. The van der Waals surface area contributed by atoms with Gasteiger partial charge in [0.1, 0.15) is 0 Å². The zero-order valence-corrected chi connectivity index (χ0v) is 11.2. The second kappa shape index (κ2) is 4.35. The molecule has 1 aliphatic carbocycles. The van der Waals surface area contributed by atoms with E-state index in [0.29, 0.717) is 10.7 Å². The van der Waals surface area contributed by atoms with Gasteiger partial charge >= 0.3 is 0 Å². The zero-order valence-electron chi connectivity index (χ0n) is 10.3. The lowest BCUT2D eigenvalue weighted by Gasteiger charge is -2.14. The molecule has 4 heteroatoms. The molecule has 0 aliphatic heterocycles. The summed E-state index contributed by atoms with van der Waals surface area (Å²) in [6.45, 7) is 2.23. The molecule has 1 saturated carbocycles. The lowest BCUT2D eigenvalue weighted by Crippen LogP contribution is -2.25. The number of aromatic nitrogens is 2. The molecule has 0 radical (unpaired) electrons. The van der Waals surface area contributed by atoms with Crippen molar-refractivity contribution in [3.05, 3.63) is 39.4 Å². The Bertz CT molecular complexity index is 701. The van der Waals surface area contributed by atoms with Crippen molar-refractivity contribution in [2.75, 3.05) is 0 Å². The third-order valence-corrected chi connectivity index (χ3v) is 4.17. The molecule has 1 heterocycles. The van der Waals surface area contributed by atoms with Gasteiger partial charge in [0, 0.05) is 6.04 Å². The van der Waals surface area contributed by atoms with Crippen LogP contribution >= 0.6 is 12.2 Å². The number of fused-ring (bicyclic) bond motifs is 1. The highest BCUT2D eigenvalue weighted by atomic mass is 32.1. The van der Waals surface area contributed by atoms with Crippen LogP contribution in [-0.4, -0.2) is 9.55 Å². The first-order chi connectivity index (χ1) is 8.66. The lowest BCUT2D eigenvalue weighted by molar-refractivity contribution is 0.472. The molecule has 0 spiro atoms. The van der Waals surface area contributed by atoms with E-state index in [1.165, 1.54) is 6.42 Å². The summed E-state index contributed by atoms with van der Waals surface area (Å²) < 4.78 is 2.33. The quantitative estimate of drug-likeness (QED) is 0.798. The van der Waals surface area contributed by atoms with Gasteiger partial charge in [0.15, 0.2) is 4.77 Å². The van der Waals surface area contributed by atoms with E-state index in [1.54, 1.807) is 4.57 Å². The normalized spacial score (nSPS) is 23.6. The molecule has 3 rings (SSSR count). The number of rotatable bonds is 1. The minimum Gasteiger partial charge on any atom is -0.332 e. The van der Waals surface area contributed by atoms with Crippen molar-refractivity contribution < 1.29 is 0 Å². The predicted molar refractivity (Wildman–Crippen MR) is 75.4 cm³/mol. The van der Waals surface area contributed by atoms with Crippen molar-refractivity contribution in [2.24, 2.45) is 5.92 Å². The van der Waals surface area contributed by atoms with Crippen LogP contribution in [0, 0.1) is 10.7 Å². The Morgan fingerprint density at radius 1 is 1.33 bits per heavy atom. The second-order valence-electron chi connectivity index (χ2n) is 5.22. The monoisotopic (exact) mass is 260 g/mol. The van der Waals surface area contributed by atoms with E-state index in [1.807, 2.05) is 24.3 Å². The first-order valence-electron chi connectivity index (χ1n) is 6.40. The third kappa shape index (κ3) is 1.81. The molecular weight excluding hydrogens is 244 g/mol. The van der Waals surface area contributed by atoms with Gasteiger partial charge in [0.05, 0.1) is 10.9 Å². The number of hydrogen-bond acceptors (Lipinski definition) is 2. The molecule has 1 aliphatic rings. The number of H-pyrrole nitrogens is 1. The Morgan fingerprint density at radius 3 is 2.83 bits per heavy atom. The zero-order chi connectivity index (χ0) is 12.7. The van der Waals surface area contributed by atoms with E-state index >= 15 is 0 Å². The first-order valence-corrected chi connectivity index (χ1v) is 6.81. The van der Waals surface area contributed by atoms with Crippen LogP contribution in [0.1, 0.15) is 32.2 Å². The molecule has 1 fully saturated rings. The van der Waals surface area contributed by atoms with Gasteiger partial charge in [-0.25, -0.2) is 0 Å². The van der Waals surface area contributed by atoms with E-state index in [-0.39, 0.29) is 11.6 Å². The Kier molecular flexibility index (Phi) is 2.82. The summed E-state index contributed by atoms with van der Waals surface area (Å²) in [6, 6.07) is 7.82. The van der Waals surface area contributed by atoms with Gasteiger partial charge in [-0.1, -0.05) is 19.1 Å². The van der Waals surface area contributed by atoms with Crippen molar-refractivity contribution in [1.82, 2.24) is 9.55 Å². The largest absolute Gasteiger partial charge is 0.332 e. The Morgan fingerprint density at radius 2 is 2.11 bits per heavy atom. The molecule has 2 atom stereocenters. The summed E-state index contributed by atoms with van der Waals surface area (Å²) in [6.07, 6.45) is 3.28. The molecule has 2 unspecified atom stereocenters. The van der Waals surface area contributed by atoms with E-state index in [2.05, 4.69) is 11.9 Å². The molecule has 2 aromatic rings. The van der Waals surface area contributed by atoms with Crippen molar-refractivity contribution in [1.29, 1.82) is 0 Å². The molecule has 1 aromatic carbocycles. The van der Waals surface area contributed by atoms with Gasteiger partial charge < -0.3 is 4.98 Å². The fraction of sp³-hybridized carbons (Fsp3) is 0.429. The molecule has 0 saturated heterocycles. The van der Waals surface area contributed by atoms with Gasteiger partial charge in [-0.05, 0) is 49.5 Å². The standard InChI is InChI=1S/C14H16N2OS/c1-9-6-7-10(8-9)16-13(17)11-4-2-3-5-12(11)15-14(16)18/h2-5,9-10H,6-8H2,1H3,(H,15,18). The number of nitrogens with zero attached hydrogens (tertiary/aromatic N) is 1. The molecule has 0 amide bonds. The number of para-hydroxylation sites is 1. The Labute approximate surface area is 110 Å². The van der Waals surface area contributed by atoms with Crippen LogP contribution in [0.15, 0.2) is 29.1 Å². The molecule has 94 valence electrons. The van der Waals surface area contributed by atoms with Crippen LogP contribution < -0.4 is 5.56 Å². The summed E-state index contributed by atoms with van der Waals surface area (Å²) in [5, 5.41) is 0.727. The van der Waals surface area contributed by atoms with Crippen LogP contribution in [-0.2, 0) is 0 Å². The maximum atomic E-state index is 12.5. The predicted octanol–water partition coefficient (Wildman–Crippen LogP) is 3.42. The van der Waals surface area contributed by atoms with Crippen LogP contribution in [0.3, 0.4) is 0 Å². The highest BCUT2D eigenvalue weighted by molar-refractivity contribution is 7.71. The molecule has 1 N–H and O–H groups in total. The second-order valence-corrected chi connectivity index (χ2v) is 5.61. The van der Waals surface area contributed by atoms with E-state index < -0.39 is 0 Å². The number of aromatic amines is 1. The van der Waals surface area contributed by atoms with E-state index in [9.17, 15) is 4.79 Å². The van der Waals surface area contributed by atoms with E-state index in [4.69, 9.17) is 12.2 Å². The summed E-state index contributed by atoms with van der Waals surface area (Å²) in [4.78, 5) is 15.7. The summed E-state index contributed by atoms with van der Waals surface area (Å²) in [5.74, 6) is 0.683. The molecule has 0 bridgehead atoms. The fourth-order valence-corrected chi connectivity index (χ4v) is 3.26. The average molecular weight is 260 g/mol. The van der Waals surface area contributed by atoms with Crippen molar-refractivity contribution in [3.63, 3.8) is 0 Å². The Hall–Kier alpha value is -1.42. The number of hydrogen-bond donors (Lipinski definition) is 1. The summed E-state index contributed by atoms with van der Waals surface area (Å²) in [5.41, 5.74) is 0.878. The van der Waals surface area contributed by atoms with Crippen molar-refractivity contribution in [2.45, 2.75) is 32.2 Å². The van der Waals surface area contributed by atoms with Gasteiger partial charge in [0.25, 0.3) is 5.56 Å². The topological polar surface area (TPSA) is 37.8 Å². The van der Waals surface area contributed by atoms with Gasteiger partial charge in [-0.2, -0.15) is 0 Å². The third-order valence-electron chi connectivity index (χ3n) is 3.87. The highest BCUT2D eigenvalue weighted by Gasteiger charge is 2.24. The van der Waals surface area contributed by atoms with Crippen LogP contribution in [0.4, 0.5) is 0 Å². The van der Waals surface area contributed by atoms with Crippen molar-refractivity contribution in [3.8, 4) is 0 Å². The smallest absolute Gasteiger partial charge is 0.262 e. The van der Waals surface area contributed by atoms with Crippen molar-refractivity contribution >= 4 is 23.1 Å². The molecule has 18 heavy (non-hydrogen) atoms. The average Bonchev–Trinajstić information content (AvgIpc) is 2.76. The molecule has 1 aromatic heterocycles. The van der Waals surface area contributed by atoms with Gasteiger partial charge in [-0.15, -0.1) is 0 Å². The first kappa shape index (κ1) is 11.7. The number of benzene rings is 1. The van der Waals surface area contributed by atoms with Crippen LogP contribution in [0.25, 0.3) is 10.9 Å². The maximum Gasteiger partial charge on any atom is 0.262 e. The van der Waals surface area contributed by atoms with Crippen LogP contribution in [0.2, 0.25) is 0 Å². The summed E-state index contributed by atoms with van der Waals surface area (Å²) in [7, 11) is 0. The van der Waals surface area contributed by atoms with Gasteiger partial charge in [-0.3, -0.25) is 9.36 Å². The van der Waals surface area contributed by atoms with Gasteiger partial charge in [0.2, 0.25) is 0 Å². The SMILES string of the molecule is CC1CCC(n2c(=S)[nH]c3ccccc3c2=O)C1. The molecular formula is C14H16N2OS. The highest BCUT2D eigenvalue weighted by Crippen LogP contribution is 2.33. The number of nitrogens with one attached hydrogen (secondary N) is 1. The summed E-state index contributed by atoms with van der Waals surface area (Å²) >= 11 is 5.35. The maximum absolute atomic E-state index is 12.5. The molecule has 3 nitrogen and oxygen atoms in total. The lowest BCUT2D eigenvalue weighted by atomic mass is 10.1. The minimum atomic E-state index is 0.0495. The Balaban J connectivity index is 2.24.